The molecule has 0 aliphatic carbocycles. The molecular formula is C12H15ClN4O3S. The van der Waals surface area contributed by atoms with E-state index < -0.39 is 10.0 Å². The van der Waals surface area contributed by atoms with Crippen molar-refractivity contribution in [2.45, 2.75) is 11.4 Å². The van der Waals surface area contributed by atoms with Gasteiger partial charge in [-0.15, -0.1) is 0 Å². The fourth-order valence-electron chi connectivity index (χ4n) is 1.67. The number of methoxy groups -OCH3 is 1. The van der Waals surface area contributed by atoms with Gasteiger partial charge in [-0.25, -0.2) is 8.42 Å². The number of ether oxygens (including phenoxy) is 1. The van der Waals surface area contributed by atoms with E-state index >= 15 is 0 Å². The molecule has 0 saturated carbocycles. The van der Waals surface area contributed by atoms with Crippen LogP contribution in [0, 0.1) is 0 Å². The summed E-state index contributed by atoms with van der Waals surface area (Å²) in [6.07, 6.45) is 2.99. The topological polar surface area (TPSA) is 99.2 Å². The Hall–Kier alpha value is -1.77. The summed E-state index contributed by atoms with van der Waals surface area (Å²) in [4.78, 5) is -0.0389. The molecule has 0 aliphatic rings. The molecule has 9 heteroatoms. The van der Waals surface area contributed by atoms with Crippen LogP contribution in [0.2, 0.25) is 5.02 Å². The number of nitrogens with two attached hydrogens (primary N) is 1. The van der Waals surface area contributed by atoms with E-state index in [1.54, 1.807) is 18.0 Å². The highest BCUT2D eigenvalue weighted by atomic mass is 35.5. The number of hydrogen-bond donors (Lipinski definition) is 2. The minimum Gasteiger partial charge on any atom is -0.399 e. The lowest BCUT2D eigenvalue weighted by atomic mass is 10.3. The molecule has 114 valence electrons. The third-order valence-corrected chi connectivity index (χ3v) is 4.52. The lowest BCUT2D eigenvalue weighted by Crippen LogP contribution is -2.13. The number of sulfonamides is 1. The van der Waals surface area contributed by atoms with Crippen molar-refractivity contribution in [3.8, 4) is 0 Å². The lowest BCUT2D eigenvalue weighted by molar-refractivity contribution is 0.183. The van der Waals surface area contributed by atoms with Crippen molar-refractivity contribution < 1.29 is 13.2 Å². The summed E-state index contributed by atoms with van der Waals surface area (Å²) in [5.41, 5.74) is 6.29. The first kappa shape index (κ1) is 15.6. The summed E-state index contributed by atoms with van der Waals surface area (Å²) >= 11 is 5.92. The molecule has 0 spiro atoms. The summed E-state index contributed by atoms with van der Waals surface area (Å²) < 4.78 is 33.4. The van der Waals surface area contributed by atoms with Gasteiger partial charge in [-0.3, -0.25) is 9.40 Å². The van der Waals surface area contributed by atoms with E-state index in [-0.39, 0.29) is 9.92 Å². The smallest absolute Gasteiger partial charge is 0.263 e. The van der Waals surface area contributed by atoms with Crippen LogP contribution in [0.3, 0.4) is 0 Å². The lowest BCUT2D eigenvalue weighted by Gasteiger charge is -2.08. The van der Waals surface area contributed by atoms with Crippen LogP contribution in [0.4, 0.5) is 11.4 Å². The van der Waals surface area contributed by atoms with Gasteiger partial charge in [-0.1, -0.05) is 11.6 Å². The van der Waals surface area contributed by atoms with E-state index in [1.807, 2.05) is 0 Å². The predicted octanol–water partition coefficient (Wildman–Crippen LogP) is 1.57. The molecule has 0 unspecified atom stereocenters. The van der Waals surface area contributed by atoms with Crippen molar-refractivity contribution in [1.29, 1.82) is 0 Å². The molecule has 0 fully saturated rings. The Balaban J connectivity index is 2.19. The van der Waals surface area contributed by atoms with Gasteiger partial charge in [0.25, 0.3) is 10.0 Å². The van der Waals surface area contributed by atoms with E-state index in [0.29, 0.717) is 24.5 Å². The largest absolute Gasteiger partial charge is 0.399 e. The highest BCUT2D eigenvalue weighted by Gasteiger charge is 2.18. The fourth-order valence-corrected chi connectivity index (χ4v) is 3.25. The van der Waals surface area contributed by atoms with Gasteiger partial charge in [0.1, 0.15) is 4.90 Å². The standard InChI is InChI=1S/C12H15ClN4O3S/c1-20-5-4-17-8-10(7-15-17)16-21(18,19)12-3-2-9(14)6-11(12)13/h2-3,6-8,16H,4-5,14H2,1H3. The van der Waals surface area contributed by atoms with Gasteiger partial charge in [0, 0.05) is 19.0 Å². The highest BCUT2D eigenvalue weighted by Crippen LogP contribution is 2.25. The summed E-state index contributed by atoms with van der Waals surface area (Å²) in [6.45, 7) is 1.01. The number of anilines is 2. The zero-order valence-electron chi connectivity index (χ0n) is 11.3. The molecule has 0 amide bonds. The molecular weight excluding hydrogens is 316 g/mol. The van der Waals surface area contributed by atoms with Gasteiger partial charge in [0.05, 0.1) is 30.1 Å². The summed E-state index contributed by atoms with van der Waals surface area (Å²) in [5.74, 6) is 0. The van der Waals surface area contributed by atoms with Gasteiger partial charge in [0.2, 0.25) is 0 Å². The predicted molar refractivity (Wildman–Crippen MR) is 80.8 cm³/mol. The maximum absolute atomic E-state index is 12.3. The molecule has 0 radical (unpaired) electrons. The van der Waals surface area contributed by atoms with Gasteiger partial charge in [-0.05, 0) is 18.2 Å². The fraction of sp³-hybridized carbons (Fsp3) is 0.250. The van der Waals surface area contributed by atoms with E-state index in [4.69, 9.17) is 22.1 Å². The van der Waals surface area contributed by atoms with E-state index in [9.17, 15) is 8.42 Å². The van der Waals surface area contributed by atoms with E-state index in [1.165, 1.54) is 24.4 Å². The number of rotatable bonds is 6. The molecule has 1 aromatic carbocycles. The number of nitrogen functional groups attached to an aromatic ring is 1. The zero-order valence-corrected chi connectivity index (χ0v) is 12.9. The van der Waals surface area contributed by atoms with Gasteiger partial charge in [0.15, 0.2) is 0 Å². The minimum atomic E-state index is -3.79. The molecule has 0 aliphatic heterocycles. The van der Waals surface area contributed by atoms with Crippen LogP contribution in [-0.2, 0) is 21.3 Å². The number of halogens is 1. The number of aromatic nitrogens is 2. The Morgan fingerprint density at radius 1 is 1.48 bits per heavy atom. The first-order valence-electron chi connectivity index (χ1n) is 6.01. The van der Waals surface area contributed by atoms with E-state index in [2.05, 4.69) is 9.82 Å². The van der Waals surface area contributed by atoms with Crippen LogP contribution in [0.1, 0.15) is 0 Å². The average Bonchev–Trinajstić information content (AvgIpc) is 2.82. The van der Waals surface area contributed by atoms with Crippen LogP contribution >= 0.6 is 11.6 Å². The second kappa shape index (κ2) is 6.33. The summed E-state index contributed by atoms with van der Waals surface area (Å²) in [6, 6.07) is 4.22. The van der Waals surface area contributed by atoms with Crippen LogP contribution in [0.5, 0.6) is 0 Å². The Kier molecular flexibility index (Phi) is 4.71. The van der Waals surface area contributed by atoms with Crippen LogP contribution in [-0.4, -0.2) is 31.9 Å². The van der Waals surface area contributed by atoms with Crippen molar-refractivity contribution >= 4 is 33.0 Å². The van der Waals surface area contributed by atoms with Crippen molar-refractivity contribution in [3.63, 3.8) is 0 Å². The van der Waals surface area contributed by atoms with Crippen molar-refractivity contribution in [2.75, 3.05) is 24.2 Å². The third kappa shape index (κ3) is 3.87. The number of nitrogens with zero attached hydrogens (tertiary/aromatic N) is 2. The monoisotopic (exact) mass is 330 g/mol. The van der Waals surface area contributed by atoms with Crippen molar-refractivity contribution in [2.24, 2.45) is 0 Å². The Morgan fingerprint density at radius 2 is 2.24 bits per heavy atom. The second-order valence-corrected chi connectivity index (χ2v) is 6.34. The molecule has 2 aromatic rings. The molecule has 21 heavy (non-hydrogen) atoms. The number of benzene rings is 1. The summed E-state index contributed by atoms with van der Waals surface area (Å²) in [7, 11) is -2.21. The molecule has 0 atom stereocenters. The Labute approximate surface area is 127 Å². The molecule has 0 bridgehead atoms. The SMILES string of the molecule is COCCn1cc(NS(=O)(=O)c2ccc(N)cc2Cl)cn1. The Bertz CT molecular complexity index is 730. The third-order valence-electron chi connectivity index (χ3n) is 2.66. The molecule has 3 N–H and O–H groups in total. The van der Waals surface area contributed by atoms with Gasteiger partial charge in [-0.2, -0.15) is 5.10 Å². The zero-order chi connectivity index (χ0) is 15.5. The number of hydrogen-bond acceptors (Lipinski definition) is 5. The van der Waals surface area contributed by atoms with Crippen LogP contribution in [0.15, 0.2) is 35.5 Å². The summed E-state index contributed by atoms with van der Waals surface area (Å²) in [5, 5.41) is 4.09. The van der Waals surface area contributed by atoms with Gasteiger partial charge >= 0.3 is 0 Å². The van der Waals surface area contributed by atoms with E-state index in [0.717, 1.165) is 0 Å². The minimum absolute atomic E-state index is 0.0389. The maximum Gasteiger partial charge on any atom is 0.263 e. The molecule has 0 saturated heterocycles. The number of nitrogens with one attached hydrogen (secondary N) is 1. The average molecular weight is 331 g/mol. The normalized spacial score (nSPS) is 11.5. The van der Waals surface area contributed by atoms with Crippen molar-refractivity contribution in [3.05, 3.63) is 35.6 Å². The quantitative estimate of drug-likeness (QED) is 0.783. The second-order valence-electron chi connectivity index (χ2n) is 4.28. The first-order valence-corrected chi connectivity index (χ1v) is 7.88. The molecule has 1 heterocycles. The van der Waals surface area contributed by atoms with Gasteiger partial charge < -0.3 is 10.5 Å². The Morgan fingerprint density at radius 3 is 2.90 bits per heavy atom. The maximum atomic E-state index is 12.3. The van der Waals surface area contributed by atoms with Crippen molar-refractivity contribution in [1.82, 2.24) is 9.78 Å². The molecule has 1 aromatic heterocycles. The van der Waals surface area contributed by atoms with Crippen LogP contribution in [0.25, 0.3) is 0 Å². The van der Waals surface area contributed by atoms with Crippen LogP contribution < -0.4 is 10.5 Å². The molecule has 7 nitrogen and oxygen atoms in total. The first-order chi connectivity index (χ1) is 9.92. The molecule has 2 rings (SSSR count). The highest BCUT2D eigenvalue weighted by molar-refractivity contribution is 7.92.